The van der Waals surface area contributed by atoms with Gasteiger partial charge in [0, 0.05) is 24.9 Å². The van der Waals surface area contributed by atoms with Crippen LogP contribution in [0, 0.1) is 17.6 Å². The zero-order valence-electron chi connectivity index (χ0n) is 26.0. The number of rotatable bonds is 13. The lowest BCUT2D eigenvalue weighted by molar-refractivity contribution is -0.162. The van der Waals surface area contributed by atoms with Crippen LogP contribution in [0.4, 0.5) is 8.78 Å². The van der Waals surface area contributed by atoms with Crippen molar-refractivity contribution >= 4 is 29.7 Å². The predicted molar refractivity (Wildman–Crippen MR) is 166 cm³/mol. The first kappa shape index (κ1) is 34.7. The summed E-state index contributed by atoms with van der Waals surface area (Å²) in [5.41, 5.74) is 3.04. The second-order valence-electron chi connectivity index (χ2n) is 11.3. The molecule has 12 heteroatoms. The molecule has 47 heavy (non-hydrogen) atoms. The highest BCUT2D eigenvalue weighted by Gasteiger charge is 2.38. The SMILES string of the molecule is CCC[C@H](CC(=O)ONC(=O)[C@H](Cc1ccccc1)NC(=O)c1ccc(F)cc1F)C(=O)N1CCC[C@H]1C(=O)OCc1ccccc1. The highest BCUT2D eigenvalue weighted by atomic mass is 19.1. The summed E-state index contributed by atoms with van der Waals surface area (Å²) in [6, 6.07) is 18.2. The van der Waals surface area contributed by atoms with Crippen molar-refractivity contribution in [1.82, 2.24) is 15.7 Å². The standard InChI is InChI=1S/C35H37F2N3O7/c1-2-10-25(34(44)40-18-9-15-30(40)35(45)46-22-24-13-7-4-8-14-24)20-31(41)47-39-33(43)29(19-23-11-5-3-6-12-23)38-32(42)27-17-16-26(36)21-28(27)37/h3-8,11-14,16-17,21,25,29-30H,2,9-10,15,18-20,22H2,1H3,(H,38,42)(H,39,43)/t25-,29+,30+/m1/s1. The number of esters is 1. The summed E-state index contributed by atoms with van der Waals surface area (Å²) in [6.45, 7) is 2.27. The highest BCUT2D eigenvalue weighted by molar-refractivity contribution is 5.98. The molecule has 3 amide bonds. The monoisotopic (exact) mass is 649 g/mol. The topological polar surface area (TPSA) is 131 Å². The Labute approximate surface area is 271 Å². The van der Waals surface area contributed by atoms with Gasteiger partial charge in [-0.05, 0) is 42.5 Å². The van der Waals surface area contributed by atoms with Gasteiger partial charge < -0.3 is 19.8 Å². The summed E-state index contributed by atoms with van der Waals surface area (Å²) >= 11 is 0. The van der Waals surface area contributed by atoms with Crippen molar-refractivity contribution < 1.29 is 42.3 Å². The van der Waals surface area contributed by atoms with E-state index in [2.05, 4.69) is 5.32 Å². The largest absolute Gasteiger partial charge is 0.459 e. The maximum absolute atomic E-state index is 14.2. The number of hydroxylamine groups is 1. The fourth-order valence-electron chi connectivity index (χ4n) is 5.39. The maximum Gasteiger partial charge on any atom is 0.333 e. The van der Waals surface area contributed by atoms with Crippen molar-refractivity contribution in [2.24, 2.45) is 5.92 Å². The summed E-state index contributed by atoms with van der Waals surface area (Å²) in [6.07, 6.45) is 1.54. The molecule has 3 aromatic carbocycles. The molecule has 1 aliphatic rings. The Bertz CT molecular complexity index is 1560. The highest BCUT2D eigenvalue weighted by Crippen LogP contribution is 2.25. The predicted octanol–water partition coefficient (Wildman–Crippen LogP) is 4.42. The van der Waals surface area contributed by atoms with Crippen LogP contribution in [0.15, 0.2) is 78.9 Å². The molecule has 1 heterocycles. The van der Waals surface area contributed by atoms with Crippen molar-refractivity contribution in [3.05, 3.63) is 107 Å². The fraction of sp³-hybridized carbons (Fsp3) is 0.343. The van der Waals surface area contributed by atoms with Gasteiger partial charge in [-0.15, -0.1) is 0 Å². The Balaban J connectivity index is 1.36. The molecule has 0 bridgehead atoms. The molecule has 3 aromatic rings. The average Bonchev–Trinajstić information content (AvgIpc) is 3.56. The fourth-order valence-corrected chi connectivity index (χ4v) is 5.39. The van der Waals surface area contributed by atoms with Gasteiger partial charge in [-0.25, -0.2) is 18.4 Å². The molecule has 2 N–H and O–H groups in total. The van der Waals surface area contributed by atoms with Crippen molar-refractivity contribution in [2.45, 2.75) is 64.1 Å². The Morgan fingerprint density at radius 2 is 1.62 bits per heavy atom. The van der Waals surface area contributed by atoms with Crippen LogP contribution >= 0.6 is 0 Å². The molecule has 1 aliphatic heterocycles. The van der Waals surface area contributed by atoms with Crippen LogP contribution in [-0.4, -0.2) is 53.2 Å². The smallest absolute Gasteiger partial charge is 0.333 e. The molecule has 0 spiro atoms. The minimum atomic E-state index is -1.30. The maximum atomic E-state index is 14.2. The molecule has 0 unspecified atom stereocenters. The third-order valence-electron chi connectivity index (χ3n) is 7.78. The van der Waals surface area contributed by atoms with E-state index in [0.29, 0.717) is 43.9 Å². The van der Waals surface area contributed by atoms with Crippen LogP contribution in [0.2, 0.25) is 0 Å². The number of amides is 3. The lowest BCUT2D eigenvalue weighted by atomic mass is 9.97. The van der Waals surface area contributed by atoms with Gasteiger partial charge in [0.05, 0.1) is 12.0 Å². The van der Waals surface area contributed by atoms with Crippen molar-refractivity contribution in [1.29, 1.82) is 0 Å². The lowest BCUT2D eigenvalue weighted by Crippen LogP contribution is -2.49. The van der Waals surface area contributed by atoms with Crippen LogP contribution in [0.3, 0.4) is 0 Å². The summed E-state index contributed by atoms with van der Waals surface area (Å²) in [5, 5.41) is 2.41. The number of hydrogen-bond donors (Lipinski definition) is 2. The molecule has 0 aromatic heterocycles. The first-order valence-electron chi connectivity index (χ1n) is 15.5. The van der Waals surface area contributed by atoms with E-state index in [0.717, 1.165) is 17.7 Å². The first-order chi connectivity index (χ1) is 22.7. The van der Waals surface area contributed by atoms with Crippen LogP contribution < -0.4 is 10.8 Å². The van der Waals surface area contributed by atoms with Gasteiger partial charge in [0.25, 0.3) is 11.8 Å². The Morgan fingerprint density at radius 1 is 0.936 bits per heavy atom. The van der Waals surface area contributed by atoms with E-state index in [1.807, 2.05) is 42.7 Å². The van der Waals surface area contributed by atoms with Gasteiger partial charge in [0.1, 0.15) is 30.3 Å². The number of carbonyl (C=O) groups excluding carboxylic acids is 5. The quantitative estimate of drug-likeness (QED) is 0.207. The van der Waals surface area contributed by atoms with Gasteiger partial charge in [0.2, 0.25) is 5.91 Å². The Morgan fingerprint density at radius 3 is 2.28 bits per heavy atom. The van der Waals surface area contributed by atoms with E-state index in [-0.39, 0.29) is 25.4 Å². The molecule has 0 aliphatic carbocycles. The molecule has 1 saturated heterocycles. The number of likely N-dealkylation sites (tertiary alicyclic amines) is 1. The van der Waals surface area contributed by atoms with E-state index in [1.165, 1.54) is 4.90 Å². The van der Waals surface area contributed by atoms with E-state index in [9.17, 15) is 32.8 Å². The minimum absolute atomic E-state index is 0.0353. The molecule has 0 radical (unpaired) electrons. The number of hydrogen-bond acceptors (Lipinski definition) is 7. The normalized spacial score (nSPS) is 15.3. The van der Waals surface area contributed by atoms with Crippen LogP contribution in [-0.2, 0) is 41.8 Å². The van der Waals surface area contributed by atoms with Gasteiger partial charge in [0.15, 0.2) is 0 Å². The summed E-state index contributed by atoms with van der Waals surface area (Å²) in [7, 11) is 0. The third-order valence-corrected chi connectivity index (χ3v) is 7.78. The number of carbonyl (C=O) groups is 5. The third kappa shape index (κ3) is 9.93. The molecule has 0 saturated carbocycles. The number of nitrogens with zero attached hydrogens (tertiary/aromatic N) is 1. The second kappa shape index (κ2) is 17.0. The Kier molecular flexibility index (Phi) is 12.5. The van der Waals surface area contributed by atoms with Gasteiger partial charge >= 0.3 is 11.9 Å². The van der Waals surface area contributed by atoms with Crippen molar-refractivity contribution in [3.8, 4) is 0 Å². The van der Waals surface area contributed by atoms with E-state index < -0.39 is 59.0 Å². The summed E-state index contributed by atoms with van der Waals surface area (Å²) < 4.78 is 33.1. The molecular formula is C35H37F2N3O7. The minimum Gasteiger partial charge on any atom is -0.459 e. The van der Waals surface area contributed by atoms with E-state index in [4.69, 9.17) is 9.57 Å². The summed E-state index contributed by atoms with van der Waals surface area (Å²) in [4.78, 5) is 71.6. The molecular weight excluding hydrogens is 612 g/mol. The number of ether oxygens (including phenoxy) is 1. The van der Waals surface area contributed by atoms with E-state index in [1.54, 1.807) is 30.3 Å². The zero-order valence-corrected chi connectivity index (χ0v) is 26.0. The van der Waals surface area contributed by atoms with Gasteiger partial charge in [-0.2, -0.15) is 5.48 Å². The lowest BCUT2D eigenvalue weighted by Gasteiger charge is -2.27. The van der Waals surface area contributed by atoms with Crippen LogP contribution in [0.5, 0.6) is 0 Å². The van der Waals surface area contributed by atoms with Crippen LogP contribution in [0.25, 0.3) is 0 Å². The van der Waals surface area contributed by atoms with Gasteiger partial charge in [-0.3, -0.25) is 14.4 Å². The zero-order chi connectivity index (χ0) is 33.8. The number of nitrogens with one attached hydrogen (secondary N) is 2. The molecule has 1 fully saturated rings. The van der Waals surface area contributed by atoms with Crippen molar-refractivity contribution in [3.63, 3.8) is 0 Å². The molecule has 248 valence electrons. The average molecular weight is 650 g/mol. The molecule has 3 atom stereocenters. The number of halogens is 2. The summed E-state index contributed by atoms with van der Waals surface area (Å²) in [5.74, 6) is -6.47. The van der Waals surface area contributed by atoms with Gasteiger partial charge in [-0.1, -0.05) is 74.0 Å². The van der Waals surface area contributed by atoms with Crippen molar-refractivity contribution in [2.75, 3.05) is 6.54 Å². The second-order valence-corrected chi connectivity index (χ2v) is 11.3. The Hall–Kier alpha value is -5.13. The molecule has 4 rings (SSSR count). The number of benzene rings is 3. The first-order valence-corrected chi connectivity index (χ1v) is 15.5. The van der Waals surface area contributed by atoms with Crippen LogP contribution in [0.1, 0.15) is 60.5 Å². The van der Waals surface area contributed by atoms with E-state index >= 15 is 0 Å². The molecule has 10 nitrogen and oxygen atoms in total.